The van der Waals surface area contributed by atoms with Crippen LogP contribution in [0, 0.1) is 11.8 Å². The summed E-state index contributed by atoms with van der Waals surface area (Å²) >= 11 is 0. The number of amides is 3. The molecule has 6 N–H and O–H groups in total. The molecule has 0 rings (SSSR count). The smallest absolute Gasteiger partial charge is 0.326 e. The highest BCUT2D eigenvalue weighted by Crippen LogP contribution is 2.10. The van der Waals surface area contributed by atoms with Crippen molar-refractivity contribution in [2.75, 3.05) is 6.54 Å². The zero-order valence-corrected chi connectivity index (χ0v) is 16.2. The van der Waals surface area contributed by atoms with Gasteiger partial charge in [-0.15, -0.1) is 0 Å². The van der Waals surface area contributed by atoms with Gasteiger partial charge in [0.25, 0.3) is 0 Å². The Morgan fingerprint density at radius 2 is 1.58 bits per heavy atom. The maximum atomic E-state index is 12.5. The fraction of sp³-hybridized carbons (Fsp3) is 0.765. The van der Waals surface area contributed by atoms with Crippen molar-refractivity contribution >= 4 is 23.7 Å². The van der Waals surface area contributed by atoms with Gasteiger partial charge in [-0.3, -0.25) is 14.4 Å². The van der Waals surface area contributed by atoms with E-state index in [1.807, 2.05) is 20.8 Å². The summed E-state index contributed by atoms with van der Waals surface area (Å²) in [6.45, 7) is 8.54. The molecule has 0 aliphatic carbocycles. The summed E-state index contributed by atoms with van der Waals surface area (Å²) in [4.78, 5) is 47.3. The van der Waals surface area contributed by atoms with Crippen LogP contribution < -0.4 is 21.7 Å². The minimum absolute atomic E-state index is 0.0847. The highest BCUT2D eigenvalue weighted by Gasteiger charge is 2.30. The van der Waals surface area contributed by atoms with E-state index in [-0.39, 0.29) is 24.8 Å². The average Bonchev–Trinajstić information content (AvgIpc) is 2.55. The normalized spacial score (nSPS) is 15.5. The Morgan fingerprint density at radius 1 is 1.00 bits per heavy atom. The molecule has 0 fully saturated rings. The third-order valence-corrected chi connectivity index (χ3v) is 3.97. The van der Waals surface area contributed by atoms with E-state index in [0.717, 1.165) is 0 Å². The van der Waals surface area contributed by atoms with E-state index in [9.17, 15) is 24.3 Å². The van der Waals surface area contributed by atoms with Crippen LogP contribution in [0.25, 0.3) is 0 Å². The van der Waals surface area contributed by atoms with Gasteiger partial charge < -0.3 is 26.8 Å². The van der Waals surface area contributed by atoms with Gasteiger partial charge in [0.1, 0.15) is 12.1 Å². The summed E-state index contributed by atoms with van der Waals surface area (Å²) < 4.78 is 0. The van der Waals surface area contributed by atoms with Crippen LogP contribution in [0.15, 0.2) is 0 Å². The van der Waals surface area contributed by atoms with Crippen LogP contribution in [-0.4, -0.2) is 53.5 Å². The molecule has 26 heavy (non-hydrogen) atoms. The summed E-state index contributed by atoms with van der Waals surface area (Å²) in [5.74, 6) is -2.83. The Hall–Kier alpha value is -2.16. The first kappa shape index (κ1) is 23.8. The van der Waals surface area contributed by atoms with Crippen molar-refractivity contribution in [1.29, 1.82) is 0 Å². The zero-order valence-electron chi connectivity index (χ0n) is 16.2. The van der Waals surface area contributed by atoms with Gasteiger partial charge in [-0.1, -0.05) is 34.1 Å². The molecule has 0 aromatic rings. The third-order valence-electron chi connectivity index (χ3n) is 3.97. The number of hydrogen-bond donors (Lipinski definition) is 5. The second-order valence-corrected chi connectivity index (χ2v) is 6.97. The standard InChI is InChI=1S/C17H32N4O5/c1-6-10(4)14(21-13(22)8-19-15(23)11(5)18)16(24)20-12(17(25)26)7-9(2)3/h9-12,14H,6-8,18H2,1-5H3,(H,19,23)(H,20,24)(H,21,22)(H,25,26). The molecule has 0 aliphatic heterocycles. The monoisotopic (exact) mass is 372 g/mol. The third kappa shape index (κ3) is 8.80. The SMILES string of the molecule is CCC(C)C(NC(=O)CNC(=O)C(C)N)C(=O)NC(CC(C)C)C(=O)O. The molecule has 0 aromatic carbocycles. The van der Waals surface area contributed by atoms with Crippen LogP contribution in [-0.2, 0) is 19.2 Å². The molecule has 0 saturated carbocycles. The minimum Gasteiger partial charge on any atom is -0.480 e. The molecule has 0 heterocycles. The van der Waals surface area contributed by atoms with Crippen molar-refractivity contribution in [3.05, 3.63) is 0 Å². The molecule has 0 saturated heterocycles. The molecule has 9 heteroatoms. The second-order valence-electron chi connectivity index (χ2n) is 6.97. The summed E-state index contributed by atoms with van der Waals surface area (Å²) in [7, 11) is 0. The number of carbonyl (C=O) groups is 4. The van der Waals surface area contributed by atoms with Crippen molar-refractivity contribution in [2.24, 2.45) is 17.6 Å². The lowest BCUT2D eigenvalue weighted by atomic mass is 9.97. The van der Waals surface area contributed by atoms with Gasteiger partial charge in [0, 0.05) is 0 Å². The quantitative estimate of drug-likeness (QED) is 0.333. The van der Waals surface area contributed by atoms with Gasteiger partial charge in [0.05, 0.1) is 12.6 Å². The molecule has 9 nitrogen and oxygen atoms in total. The number of carboxylic acid groups (broad SMARTS) is 1. The highest BCUT2D eigenvalue weighted by atomic mass is 16.4. The van der Waals surface area contributed by atoms with Crippen LogP contribution in [0.1, 0.15) is 47.5 Å². The fourth-order valence-electron chi connectivity index (χ4n) is 2.21. The van der Waals surface area contributed by atoms with Crippen LogP contribution in [0.3, 0.4) is 0 Å². The van der Waals surface area contributed by atoms with Gasteiger partial charge in [-0.25, -0.2) is 4.79 Å². The predicted octanol–water partition coefficient (Wildman–Crippen LogP) is -0.404. The first-order valence-electron chi connectivity index (χ1n) is 8.85. The van der Waals surface area contributed by atoms with E-state index in [1.165, 1.54) is 6.92 Å². The number of nitrogens with two attached hydrogens (primary N) is 1. The molecule has 0 spiro atoms. The maximum absolute atomic E-state index is 12.5. The average molecular weight is 372 g/mol. The van der Waals surface area contributed by atoms with Crippen LogP contribution in [0.5, 0.6) is 0 Å². The van der Waals surface area contributed by atoms with Crippen molar-refractivity contribution in [3.63, 3.8) is 0 Å². The lowest BCUT2D eigenvalue weighted by molar-refractivity contribution is -0.143. The van der Waals surface area contributed by atoms with Crippen molar-refractivity contribution in [2.45, 2.75) is 65.6 Å². The molecular formula is C17H32N4O5. The first-order valence-corrected chi connectivity index (χ1v) is 8.85. The number of rotatable bonds is 11. The summed E-state index contributed by atoms with van der Waals surface area (Å²) in [5.41, 5.74) is 5.40. The Bertz CT molecular complexity index is 507. The molecule has 0 aromatic heterocycles. The van der Waals surface area contributed by atoms with E-state index in [1.54, 1.807) is 6.92 Å². The van der Waals surface area contributed by atoms with E-state index in [4.69, 9.17) is 5.73 Å². The molecule has 150 valence electrons. The fourth-order valence-corrected chi connectivity index (χ4v) is 2.21. The van der Waals surface area contributed by atoms with E-state index in [2.05, 4.69) is 16.0 Å². The van der Waals surface area contributed by atoms with Gasteiger partial charge >= 0.3 is 5.97 Å². The van der Waals surface area contributed by atoms with Crippen LogP contribution in [0.4, 0.5) is 0 Å². The predicted molar refractivity (Wildman–Crippen MR) is 97.1 cm³/mol. The number of hydrogen-bond acceptors (Lipinski definition) is 5. The van der Waals surface area contributed by atoms with Crippen molar-refractivity contribution in [1.82, 2.24) is 16.0 Å². The van der Waals surface area contributed by atoms with E-state index >= 15 is 0 Å². The maximum Gasteiger partial charge on any atom is 0.326 e. The topological polar surface area (TPSA) is 151 Å². The number of carboxylic acids is 1. The van der Waals surface area contributed by atoms with Crippen molar-refractivity contribution in [3.8, 4) is 0 Å². The van der Waals surface area contributed by atoms with Gasteiger partial charge in [0.2, 0.25) is 17.7 Å². The summed E-state index contributed by atoms with van der Waals surface area (Å²) in [6, 6.07) is -2.67. The minimum atomic E-state index is -1.12. The van der Waals surface area contributed by atoms with Crippen LogP contribution in [0.2, 0.25) is 0 Å². The lowest BCUT2D eigenvalue weighted by Crippen LogP contribution is -2.55. The van der Waals surface area contributed by atoms with Gasteiger partial charge in [-0.05, 0) is 25.2 Å². The molecule has 0 aliphatic rings. The Kier molecular flexibility index (Phi) is 10.5. The number of carbonyl (C=O) groups excluding carboxylic acids is 3. The van der Waals surface area contributed by atoms with E-state index in [0.29, 0.717) is 6.42 Å². The molecular weight excluding hydrogens is 340 g/mol. The van der Waals surface area contributed by atoms with E-state index < -0.39 is 41.8 Å². The molecule has 0 bridgehead atoms. The molecule has 4 atom stereocenters. The van der Waals surface area contributed by atoms with Crippen molar-refractivity contribution < 1.29 is 24.3 Å². The summed E-state index contributed by atoms with van der Waals surface area (Å²) in [5, 5.41) is 16.7. The van der Waals surface area contributed by atoms with Crippen LogP contribution >= 0.6 is 0 Å². The zero-order chi connectivity index (χ0) is 20.4. The Labute approximate surface area is 154 Å². The Morgan fingerprint density at radius 3 is 2.00 bits per heavy atom. The molecule has 4 unspecified atom stereocenters. The largest absolute Gasteiger partial charge is 0.480 e. The number of aliphatic carboxylic acids is 1. The molecule has 3 amide bonds. The first-order chi connectivity index (χ1) is 12.0. The lowest BCUT2D eigenvalue weighted by Gasteiger charge is -2.26. The summed E-state index contributed by atoms with van der Waals surface area (Å²) in [6.07, 6.45) is 0.888. The Balaban J connectivity index is 4.96. The second kappa shape index (κ2) is 11.5. The molecule has 0 radical (unpaired) electrons. The number of nitrogens with one attached hydrogen (secondary N) is 3. The van der Waals surface area contributed by atoms with Gasteiger partial charge in [-0.2, -0.15) is 0 Å². The van der Waals surface area contributed by atoms with Gasteiger partial charge in [0.15, 0.2) is 0 Å². The highest BCUT2D eigenvalue weighted by molar-refractivity contribution is 5.92.